The highest BCUT2D eigenvalue weighted by Crippen LogP contribution is 2.23. The van der Waals surface area contributed by atoms with Crippen molar-refractivity contribution in [1.29, 1.82) is 0 Å². The Balaban J connectivity index is 2.81. The van der Waals surface area contributed by atoms with Crippen LogP contribution in [0.15, 0.2) is 24.3 Å². The van der Waals surface area contributed by atoms with Crippen LogP contribution in [0.3, 0.4) is 0 Å². The Kier molecular flexibility index (Phi) is 2.94. The molecular formula is C11H18N2. The molecule has 0 aliphatic carbocycles. The first-order valence-corrected chi connectivity index (χ1v) is 4.58. The first kappa shape index (κ1) is 10.1. The Labute approximate surface area is 80.1 Å². The molecule has 2 heteroatoms. The fraction of sp³-hybridized carbons (Fsp3) is 0.455. The molecule has 0 saturated carbocycles. The number of rotatable bonds is 2. The van der Waals surface area contributed by atoms with Gasteiger partial charge < -0.3 is 11.1 Å². The molecule has 0 atom stereocenters. The average Bonchev–Trinajstić information content (AvgIpc) is 2.04. The lowest BCUT2D eigenvalue weighted by atomic mass is 9.87. The second kappa shape index (κ2) is 3.79. The van der Waals surface area contributed by atoms with Gasteiger partial charge in [-0.2, -0.15) is 0 Å². The van der Waals surface area contributed by atoms with Crippen molar-refractivity contribution in [3.05, 3.63) is 29.8 Å². The highest BCUT2D eigenvalue weighted by atomic mass is 15.0. The molecule has 0 amide bonds. The van der Waals surface area contributed by atoms with Crippen molar-refractivity contribution >= 4 is 5.69 Å². The summed E-state index contributed by atoms with van der Waals surface area (Å²) in [5.74, 6) is 0. The van der Waals surface area contributed by atoms with E-state index in [0.717, 1.165) is 5.69 Å². The molecule has 0 bridgehead atoms. The van der Waals surface area contributed by atoms with E-state index < -0.39 is 0 Å². The lowest BCUT2D eigenvalue weighted by Crippen LogP contribution is -2.12. The molecule has 0 heterocycles. The summed E-state index contributed by atoms with van der Waals surface area (Å²) < 4.78 is 0. The van der Waals surface area contributed by atoms with Crippen LogP contribution in [0.25, 0.3) is 0 Å². The third-order valence-electron chi connectivity index (χ3n) is 2.06. The summed E-state index contributed by atoms with van der Waals surface area (Å²) in [5.41, 5.74) is 8.02. The van der Waals surface area contributed by atoms with E-state index >= 15 is 0 Å². The van der Waals surface area contributed by atoms with E-state index in [-0.39, 0.29) is 5.41 Å². The van der Waals surface area contributed by atoms with Crippen LogP contribution in [-0.4, -0.2) is 6.67 Å². The Bertz CT molecular complexity index is 256. The lowest BCUT2D eigenvalue weighted by molar-refractivity contribution is 0.590. The summed E-state index contributed by atoms with van der Waals surface area (Å²) >= 11 is 0. The van der Waals surface area contributed by atoms with Gasteiger partial charge in [-0.1, -0.05) is 32.9 Å². The third-order valence-corrected chi connectivity index (χ3v) is 2.06. The molecule has 2 nitrogen and oxygen atoms in total. The maximum Gasteiger partial charge on any atom is 0.0628 e. The fourth-order valence-electron chi connectivity index (χ4n) is 1.21. The third kappa shape index (κ3) is 2.74. The van der Waals surface area contributed by atoms with Gasteiger partial charge in [0.15, 0.2) is 0 Å². The van der Waals surface area contributed by atoms with Gasteiger partial charge in [-0.05, 0) is 23.1 Å². The summed E-state index contributed by atoms with van der Waals surface area (Å²) in [5, 5.41) is 3.06. The molecule has 0 spiro atoms. The molecular weight excluding hydrogens is 160 g/mol. The molecule has 13 heavy (non-hydrogen) atoms. The van der Waals surface area contributed by atoms with Crippen LogP contribution in [0.2, 0.25) is 0 Å². The largest absolute Gasteiger partial charge is 0.373 e. The van der Waals surface area contributed by atoms with Crippen LogP contribution in [-0.2, 0) is 5.41 Å². The average molecular weight is 178 g/mol. The summed E-state index contributed by atoms with van der Waals surface area (Å²) in [7, 11) is 0. The molecule has 3 N–H and O–H groups in total. The first-order valence-electron chi connectivity index (χ1n) is 4.58. The number of nitrogens with one attached hydrogen (secondary N) is 1. The SMILES string of the molecule is CC(C)(C)c1ccc(NCN)cc1. The lowest BCUT2D eigenvalue weighted by Gasteiger charge is -2.19. The van der Waals surface area contributed by atoms with Crippen molar-refractivity contribution in [3.8, 4) is 0 Å². The Morgan fingerprint density at radius 3 is 2.08 bits per heavy atom. The molecule has 0 fully saturated rings. The molecule has 0 radical (unpaired) electrons. The molecule has 0 aliphatic rings. The van der Waals surface area contributed by atoms with Gasteiger partial charge in [0.25, 0.3) is 0 Å². The smallest absolute Gasteiger partial charge is 0.0628 e. The van der Waals surface area contributed by atoms with E-state index in [1.54, 1.807) is 0 Å². The molecule has 0 unspecified atom stereocenters. The van der Waals surface area contributed by atoms with E-state index in [4.69, 9.17) is 5.73 Å². The number of hydrogen-bond donors (Lipinski definition) is 2. The van der Waals surface area contributed by atoms with Crippen molar-refractivity contribution in [2.75, 3.05) is 12.0 Å². The molecule has 0 aliphatic heterocycles. The van der Waals surface area contributed by atoms with Gasteiger partial charge in [-0.25, -0.2) is 0 Å². The predicted octanol–water partition coefficient (Wildman–Crippen LogP) is 2.31. The Morgan fingerprint density at radius 1 is 1.15 bits per heavy atom. The number of hydrogen-bond acceptors (Lipinski definition) is 2. The van der Waals surface area contributed by atoms with Crippen LogP contribution >= 0.6 is 0 Å². The molecule has 0 saturated heterocycles. The number of anilines is 1. The van der Waals surface area contributed by atoms with Crippen LogP contribution in [0.1, 0.15) is 26.3 Å². The highest BCUT2D eigenvalue weighted by molar-refractivity contribution is 5.45. The second-order valence-corrected chi connectivity index (χ2v) is 4.21. The van der Waals surface area contributed by atoms with Crippen LogP contribution in [0, 0.1) is 0 Å². The van der Waals surface area contributed by atoms with E-state index in [1.807, 2.05) is 0 Å². The summed E-state index contributed by atoms with van der Waals surface area (Å²) in [6.07, 6.45) is 0. The molecule has 1 rings (SSSR count). The summed E-state index contributed by atoms with van der Waals surface area (Å²) in [6.45, 7) is 7.10. The van der Waals surface area contributed by atoms with E-state index in [2.05, 4.69) is 50.4 Å². The van der Waals surface area contributed by atoms with E-state index in [0.29, 0.717) is 6.67 Å². The zero-order valence-corrected chi connectivity index (χ0v) is 8.59. The van der Waals surface area contributed by atoms with Gasteiger partial charge in [0.1, 0.15) is 0 Å². The van der Waals surface area contributed by atoms with Gasteiger partial charge in [-0.15, -0.1) is 0 Å². The van der Waals surface area contributed by atoms with Crippen molar-refractivity contribution < 1.29 is 0 Å². The molecule has 1 aromatic rings. The van der Waals surface area contributed by atoms with Gasteiger partial charge in [0.2, 0.25) is 0 Å². The summed E-state index contributed by atoms with van der Waals surface area (Å²) in [6, 6.07) is 8.40. The number of nitrogens with two attached hydrogens (primary N) is 1. The standard InChI is InChI=1S/C11H18N2/c1-11(2,3)9-4-6-10(7-5-9)13-8-12/h4-7,13H,8,12H2,1-3H3. The van der Waals surface area contributed by atoms with Crippen molar-refractivity contribution in [1.82, 2.24) is 0 Å². The van der Waals surface area contributed by atoms with E-state index in [9.17, 15) is 0 Å². The second-order valence-electron chi connectivity index (χ2n) is 4.21. The molecule has 72 valence electrons. The predicted molar refractivity (Wildman–Crippen MR) is 57.8 cm³/mol. The van der Waals surface area contributed by atoms with Gasteiger partial charge in [0, 0.05) is 5.69 Å². The minimum absolute atomic E-state index is 0.223. The zero-order chi connectivity index (χ0) is 9.90. The molecule has 1 aromatic carbocycles. The van der Waals surface area contributed by atoms with Crippen molar-refractivity contribution in [2.45, 2.75) is 26.2 Å². The monoisotopic (exact) mass is 178 g/mol. The maximum absolute atomic E-state index is 5.37. The molecule has 0 aromatic heterocycles. The van der Waals surface area contributed by atoms with Crippen molar-refractivity contribution in [3.63, 3.8) is 0 Å². The minimum Gasteiger partial charge on any atom is -0.373 e. The zero-order valence-electron chi connectivity index (χ0n) is 8.59. The first-order chi connectivity index (χ1) is 6.04. The minimum atomic E-state index is 0.223. The highest BCUT2D eigenvalue weighted by Gasteiger charge is 2.12. The number of benzene rings is 1. The van der Waals surface area contributed by atoms with Crippen LogP contribution < -0.4 is 11.1 Å². The summed E-state index contributed by atoms with van der Waals surface area (Å²) in [4.78, 5) is 0. The van der Waals surface area contributed by atoms with Crippen LogP contribution in [0.5, 0.6) is 0 Å². The quantitative estimate of drug-likeness (QED) is 0.682. The fourth-order valence-corrected chi connectivity index (χ4v) is 1.21. The Hall–Kier alpha value is -1.02. The normalized spacial score (nSPS) is 11.4. The van der Waals surface area contributed by atoms with Crippen LogP contribution in [0.4, 0.5) is 5.69 Å². The maximum atomic E-state index is 5.37. The van der Waals surface area contributed by atoms with Crippen molar-refractivity contribution in [2.24, 2.45) is 5.73 Å². The van der Waals surface area contributed by atoms with Gasteiger partial charge in [0.05, 0.1) is 6.67 Å². The van der Waals surface area contributed by atoms with Gasteiger partial charge >= 0.3 is 0 Å². The van der Waals surface area contributed by atoms with E-state index in [1.165, 1.54) is 5.56 Å². The Morgan fingerprint density at radius 2 is 1.69 bits per heavy atom. The topological polar surface area (TPSA) is 38.0 Å². The van der Waals surface area contributed by atoms with Gasteiger partial charge in [-0.3, -0.25) is 0 Å².